The molecular weight excluding hydrogens is 928 g/mol. The Hall–Kier alpha value is -2.55. The number of rotatable bonds is 54. The Morgan fingerprint density at radius 2 is 0.877 bits per heavy atom. The largest absolute Gasteiger partial charge is 0.472 e. The monoisotopic (exact) mass is 1040 g/mol. The van der Waals surface area contributed by atoms with Gasteiger partial charge in [-0.2, -0.15) is 0 Å². The minimum absolute atomic E-state index is 0.0372. The summed E-state index contributed by atoms with van der Waals surface area (Å²) < 4.78 is 30.6. The van der Waals surface area contributed by atoms with E-state index in [1.54, 1.807) is 0 Å². The van der Waals surface area contributed by atoms with Crippen LogP contribution in [0, 0.1) is 0 Å². The zero-order valence-corrected chi connectivity index (χ0v) is 49.3. The fourth-order valence-electron chi connectivity index (χ4n) is 8.50. The molecule has 3 atom stereocenters. The highest BCUT2D eigenvalue weighted by Gasteiger charge is 2.30. The van der Waals surface area contributed by atoms with E-state index in [0.29, 0.717) is 17.4 Å². The minimum Gasteiger partial charge on any atom is -0.456 e. The molecule has 0 rings (SSSR count). The summed E-state index contributed by atoms with van der Waals surface area (Å²) in [6.45, 7) is 6.89. The maximum atomic E-state index is 13.5. The SMILES string of the molecule is CC/C=C\C/C=C\C/C=C\C/C=C\C/C=C\CCCCCCCCCC(=O)OC(/C=C\CCCCCCCCCCCCC)C(COP(=O)(O)OCC[N+](C)(C)C)NC(=O)CCCCCCCCCCCCC. The molecule has 9 nitrogen and oxygen atoms in total. The third kappa shape index (κ3) is 54.1. The minimum atomic E-state index is -4.45. The van der Waals surface area contributed by atoms with Gasteiger partial charge in [0.2, 0.25) is 5.91 Å². The Morgan fingerprint density at radius 1 is 0.493 bits per heavy atom. The smallest absolute Gasteiger partial charge is 0.456 e. The third-order valence-corrected chi connectivity index (χ3v) is 14.1. The fraction of sp³-hybridized carbons (Fsp3) is 0.778. The van der Waals surface area contributed by atoms with E-state index in [0.717, 1.165) is 103 Å². The number of ether oxygens (including phenoxy) is 1. The van der Waals surface area contributed by atoms with Crippen LogP contribution in [0.15, 0.2) is 72.9 Å². The van der Waals surface area contributed by atoms with E-state index >= 15 is 0 Å². The number of amides is 1. The van der Waals surface area contributed by atoms with Crippen molar-refractivity contribution in [2.45, 2.75) is 277 Å². The molecule has 73 heavy (non-hydrogen) atoms. The maximum absolute atomic E-state index is 13.5. The van der Waals surface area contributed by atoms with Crippen LogP contribution in [-0.2, 0) is 27.9 Å². The molecule has 0 heterocycles. The van der Waals surface area contributed by atoms with Gasteiger partial charge in [0, 0.05) is 12.8 Å². The highest BCUT2D eigenvalue weighted by molar-refractivity contribution is 7.47. The van der Waals surface area contributed by atoms with E-state index in [1.165, 1.54) is 128 Å². The Bertz CT molecular complexity index is 1480. The Balaban J connectivity index is 5.23. The summed E-state index contributed by atoms with van der Waals surface area (Å²) in [5, 5.41) is 3.05. The van der Waals surface area contributed by atoms with Crippen molar-refractivity contribution >= 4 is 19.7 Å². The average molecular weight is 1040 g/mol. The van der Waals surface area contributed by atoms with E-state index in [2.05, 4.69) is 86.8 Å². The normalized spacial score (nSPS) is 14.2. The topological polar surface area (TPSA) is 111 Å². The number of nitrogens with zero attached hydrogens (tertiary/aromatic N) is 1. The molecular formula is C63H116N2O7P+. The van der Waals surface area contributed by atoms with E-state index in [-0.39, 0.29) is 31.5 Å². The van der Waals surface area contributed by atoms with Crippen molar-refractivity contribution in [3.05, 3.63) is 72.9 Å². The van der Waals surface area contributed by atoms with Crippen LogP contribution in [-0.4, -0.2) is 74.3 Å². The molecule has 10 heteroatoms. The first kappa shape index (κ1) is 70.5. The number of likely N-dealkylation sites (N-methyl/N-ethyl adjacent to an activating group) is 1. The number of hydrogen-bond donors (Lipinski definition) is 2. The fourth-order valence-corrected chi connectivity index (χ4v) is 9.23. The lowest BCUT2D eigenvalue weighted by molar-refractivity contribution is -0.870. The van der Waals surface area contributed by atoms with Gasteiger partial charge in [0.15, 0.2) is 0 Å². The summed E-state index contributed by atoms with van der Waals surface area (Å²) >= 11 is 0. The first-order valence-electron chi connectivity index (χ1n) is 30.3. The van der Waals surface area contributed by atoms with Gasteiger partial charge >= 0.3 is 13.8 Å². The first-order chi connectivity index (χ1) is 35.4. The van der Waals surface area contributed by atoms with Gasteiger partial charge in [-0.25, -0.2) is 4.57 Å². The quantitative estimate of drug-likeness (QED) is 0.0205. The lowest BCUT2D eigenvalue weighted by atomic mass is 10.0. The molecule has 1 amide bonds. The second-order valence-electron chi connectivity index (χ2n) is 21.5. The van der Waals surface area contributed by atoms with E-state index in [4.69, 9.17) is 13.8 Å². The molecule has 424 valence electrons. The van der Waals surface area contributed by atoms with Gasteiger partial charge in [0.05, 0.1) is 33.8 Å². The molecule has 0 saturated carbocycles. The number of unbranched alkanes of at least 4 members (excludes halogenated alkanes) is 28. The zero-order chi connectivity index (χ0) is 53.6. The van der Waals surface area contributed by atoms with E-state index in [9.17, 15) is 19.0 Å². The molecule has 0 aromatic carbocycles. The second-order valence-corrected chi connectivity index (χ2v) is 23.0. The summed E-state index contributed by atoms with van der Waals surface area (Å²) in [5.41, 5.74) is 0. The van der Waals surface area contributed by atoms with Crippen LogP contribution in [0.3, 0.4) is 0 Å². The van der Waals surface area contributed by atoms with Crippen LogP contribution >= 0.6 is 7.82 Å². The van der Waals surface area contributed by atoms with Crippen LogP contribution in [0.5, 0.6) is 0 Å². The van der Waals surface area contributed by atoms with Crippen LogP contribution in [0.1, 0.15) is 265 Å². The molecule has 0 radical (unpaired) electrons. The second kappa shape index (κ2) is 52.9. The molecule has 0 aliphatic carbocycles. The molecule has 0 saturated heterocycles. The third-order valence-electron chi connectivity index (χ3n) is 13.2. The predicted octanol–water partition coefficient (Wildman–Crippen LogP) is 18.4. The van der Waals surface area contributed by atoms with Gasteiger partial charge in [0.1, 0.15) is 19.3 Å². The predicted molar refractivity (Wildman–Crippen MR) is 314 cm³/mol. The summed E-state index contributed by atoms with van der Waals surface area (Å²) in [6, 6.07) is -0.852. The number of phosphoric acid groups is 1. The molecule has 0 bridgehead atoms. The number of nitrogens with one attached hydrogen (secondary N) is 1. The molecule has 0 aromatic rings. The van der Waals surface area contributed by atoms with Gasteiger partial charge in [-0.3, -0.25) is 18.6 Å². The number of hydrogen-bond acceptors (Lipinski definition) is 6. The lowest BCUT2D eigenvalue weighted by Crippen LogP contribution is -2.47. The molecule has 2 N–H and O–H groups in total. The molecule has 0 fully saturated rings. The Morgan fingerprint density at radius 3 is 1.32 bits per heavy atom. The Labute approximate surface area is 451 Å². The highest BCUT2D eigenvalue weighted by Crippen LogP contribution is 2.43. The standard InChI is InChI=1S/C63H115N2O7P/c1-7-10-13-16-19-22-25-27-28-29-30-31-32-33-34-35-36-38-41-44-47-50-53-56-63(67)72-61(54-51-48-45-42-40-37-26-23-20-17-14-11-8-2)60(59-71-73(68,69)70-58-57-65(4,5)6)64-62(66)55-52-49-46-43-39-24-21-18-15-12-9-3/h10,13,19,22,27-28,30-31,33-34,51,54,60-61H,7-9,11-12,14-18,20-21,23-26,29,32,35-50,52-53,55-59H2,1-6H3,(H-,64,66,68,69)/p+1/b13-10-,22-19-,28-27-,31-30-,34-33-,54-51-. The molecule has 0 spiro atoms. The zero-order valence-electron chi connectivity index (χ0n) is 48.4. The van der Waals surface area contributed by atoms with E-state index in [1.807, 2.05) is 33.3 Å². The number of carbonyl (C=O) groups excluding carboxylic acids is 2. The number of esters is 1. The highest BCUT2D eigenvalue weighted by atomic mass is 31.2. The van der Waals surface area contributed by atoms with Gasteiger partial charge < -0.3 is 19.4 Å². The summed E-state index contributed by atoms with van der Waals surface area (Å²) in [5.74, 6) is -0.515. The summed E-state index contributed by atoms with van der Waals surface area (Å²) in [7, 11) is 1.49. The average Bonchev–Trinajstić information content (AvgIpc) is 3.35. The van der Waals surface area contributed by atoms with E-state index < -0.39 is 20.0 Å². The van der Waals surface area contributed by atoms with Crippen molar-refractivity contribution in [3.63, 3.8) is 0 Å². The first-order valence-corrected chi connectivity index (χ1v) is 31.8. The molecule has 0 aliphatic rings. The number of carbonyl (C=O) groups is 2. The lowest BCUT2D eigenvalue weighted by Gasteiger charge is -2.27. The van der Waals surface area contributed by atoms with Gasteiger partial charge in [-0.15, -0.1) is 0 Å². The van der Waals surface area contributed by atoms with Crippen molar-refractivity contribution < 1.29 is 37.3 Å². The van der Waals surface area contributed by atoms with Gasteiger partial charge in [-0.05, 0) is 76.7 Å². The van der Waals surface area contributed by atoms with Gasteiger partial charge in [0.25, 0.3) is 0 Å². The number of allylic oxidation sites excluding steroid dienone is 11. The van der Waals surface area contributed by atoms with Crippen molar-refractivity contribution in [1.82, 2.24) is 5.32 Å². The van der Waals surface area contributed by atoms with Crippen LogP contribution < -0.4 is 5.32 Å². The van der Waals surface area contributed by atoms with Crippen molar-refractivity contribution in [1.29, 1.82) is 0 Å². The van der Waals surface area contributed by atoms with Crippen LogP contribution in [0.4, 0.5) is 0 Å². The van der Waals surface area contributed by atoms with Crippen molar-refractivity contribution in [3.8, 4) is 0 Å². The maximum Gasteiger partial charge on any atom is 0.472 e. The van der Waals surface area contributed by atoms with Crippen LogP contribution in [0.25, 0.3) is 0 Å². The van der Waals surface area contributed by atoms with Crippen LogP contribution in [0.2, 0.25) is 0 Å². The Kier molecular flexibility index (Phi) is 51.0. The summed E-state index contributed by atoms with van der Waals surface area (Å²) in [6.07, 6.45) is 67.5. The molecule has 0 aromatic heterocycles. The number of quaternary nitrogens is 1. The van der Waals surface area contributed by atoms with Gasteiger partial charge in [-0.1, -0.05) is 248 Å². The molecule has 0 aliphatic heterocycles. The number of phosphoric ester groups is 1. The molecule has 3 unspecified atom stereocenters. The van der Waals surface area contributed by atoms with Crippen molar-refractivity contribution in [2.24, 2.45) is 0 Å². The summed E-state index contributed by atoms with van der Waals surface area (Å²) in [4.78, 5) is 37.6. The van der Waals surface area contributed by atoms with Crippen molar-refractivity contribution in [2.75, 3.05) is 40.9 Å².